The Morgan fingerprint density at radius 3 is 2.94 bits per heavy atom. The fourth-order valence-electron chi connectivity index (χ4n) is 1.67. The van der Waals surface area contributed by atoms with Crippen LogP contribution >= 0.6 is 0 Å². The van der Waals surface area contributed by atoms with Crippen molar-refractivity contribution >= 4 is 12.1 Å². The summed E-state index contributed by atoms with van der Waals surface area (Å²) in [6, 6.07) is -0.919. The third-order valence-corrected chi connectivity index (χ3v) is 2.60. The maximum absolute atomic E-state index is 11.4. The van der Waals surface area contributed by atoms with Crippen molar-refractivity contribution in [2.45, 2.75) is 12.5 Å². The van der Waals surface area contributed by atoms with Gasteiger partial charge in [-0.05, 0) is 6.42 Å². The van der Waals surface area contributed by atoms with Gasteiger partial charge in [0.15, 0.2) is 0 Å². The molecule has 0 aromatic rings. The Morgan fingerprint density at radius 1 is 1.69 bits per heavy atom. The molecule has 0 aromatic heterocycles. The molecule has 0 bridgehead atoms. The topological polar surface area (TPSA) is 92.9 Å². The highest BCUT2D eigenvalue weighted by Crippen LogP contribution is 2.19. The number of carboxylic acids is 1. The summed E-state index contributed by atoms with van der Waals surface area (Å²) < 4.78 is 4.84. The summed E-state index contributed by atoms with van der Waals surface area (Å²) in [4.78, 5) is 23.5. The van der Waals surface area contributed by atoms with Crippen LogP contribution in [0.2, 0.25) is 0 Å². The zero-order chi connectivity index (χ0) is 12.1. The van der Waals surface area contributed by atoms with Crippen molar-refractivity contribution in [2.75, 3.05) is 19.7 Å². The van der Waals surface area contributed by atoms with E-state index in [4.69, 9.17) is 15.6 Å². The van der Waals surface area contributed by atoms with E-state index in [0.717, 1.165) is 0 Å². The molecule has 2 unspecified atom stereocenters. The average Bonchev–Trinajstić information content (AvgIpc) is 2.73. The fourth-order valence-corrected chi connectivity index (χ4v) is 1.67. The first-order chi connectivity index (χ1) is 7.56. The minimum absolute atomic E-state index is 0.158. The first kappa shape index (κ1) is 12.5. The van der Waals surface area contributed by atoms with E-state index < -0.39 is 18.1 Å². The van der Waals surface area contributed by atoms with E-state index in [2.05, 4.69) is 6.58 Å². The zero-order valence-electron chi connectivity index (χ0n) is 8.96. The van der Waals surface area contributed by atoms with Gasteiger partial charge in [-0.2, -0.15) is 0 Å². The molecule has 6 heteroatoms. The molecule has 3 N–H and O–H groups in total. The molecule has 0 aliphatic carbocycles. The lowest BCUT2D eigenvalue weighted by atomic mass is 10.0. The van der Waals surface area contributed by atoms with Crippen molar-refractivity contribution in [3.8, 4) is 0 Å². The van der Waals surface area contributed by atoms with Crippen molar-refractivity contribution in [2.24, 2.45) is 11.7 Å². The van der Waals surface area contributed by atoms with Gasteiger partial charge in [-0.25, -0.2) is 4.79 Å². The number of likely N-dealkylation sites (tertiary alicyclic amines) is 1. The van der Waals surface area contributed by atoms with Gasteiger partial charge in [0, 0.05) is 19.0 Å². The van der Waals surface area contributed by atoms with Gasteiger partial charge in [-0.15, -0.1) is 0 Å². The Morgan fingerprint density at radius 2 is 2.38 bits per heavy atom. The van der Waals surface area contributed by atoms with Gasteiger partial charge in [0.25, 0.3) is 0 Å². The number of nitrogens with two attached hydrogens (primary N) is 1. The highest BCUT2D eigenvalue weighted by atomic mass is 16.6. The third-order valence-electron chi connectivity index (χ3n) is 2.60. The van der Waals surface area contributed by atoms with Gasteiger partial charge < -0.3 is 20.5 Å². The van der Waals surface area contributed by atoms with E-state index in [1.54, 1.807) is 0 Å². The number of hydrogen-bond acceptors (Lipinski definition) is 4. The molecular formula is C10H16N2O4. The van der Waals surface area contributed by atoms with Crippen LogP contribution in [0.25, 0.3) is 0 Å². The second-order valence-corrected chi connectivity index (χ2v) is 3.72. The van der Waals surface area contributed by atoms with Crippen molar-refractivity contribution in [3.63, 3.8) is 0 Å². The van der Waals surface area contributed by atoms with Crippen LogP contribution in [0.1, 0.15) is 6.42 Å². The smallest absolute Gasteiger partial charge is 0.410 e. The quantitative estimate of drug-likeness (QED) is 0.663. The second-order valence-electron chi connectivity index (χ2n) is 3.72. The van der Waals surface area contributed by atoms with Gasteiger partial charge in [-0.1, -0.05) is 12.7 Å². The Hall–Kier alpha value is -1.56. The van der Waals surface area contributed by atoms with Gasteiger partial charge in [-0.3, -0.25) is 4.79 Å². The fraction of sp³-hybridized carbons (Fsp3) is 0.600. The van der Waals surface area contributed by atoms with E-state index in [0.29, 0.717) is 19.5 Å². The molecule has 0 radical (unpaired) electrons. The van der Waals surface area contributed by atoms with Crippen molar-refractivity contribution in [1.82, 2.24) is 4.90 Å². The van der Waals surface area contributed by atoms with Gasteiger partial charge in [0.2, 0.25) is 0 Å². The zero-order valence-corrected chi connectivity index (χ0v) is 8.96. The van der Waals surface area contributed by atoms with Gasteiger partial charge in [0.1, 0.15) is 12.6 Å². The maximum atomic E-state index is 11.4. The molecule has 90 valence electrons. The van der Waals surface area contributed by atoms with Gasteiger partial charge >= 0.3 is 12.1 Å². The van der Waals surface area contributed by atoms with Crippen LogP contribution in [0.4, 0.5) is 4.79 Å². The number of carbonyl (C=O) groups is 2. The van der Waals surface area contributed by atoms with E-state index in [1.807, 2.05) is 0 Å². The molecule has 1 rings (SSSR count). The minimum Gasteiger partial charge on any atom is -0.480 e. The molecule has 6 nitrogen and oxygen atoms in total. The second kappa shape index (κ2) is 5.50. The molecular weight excluding hydrogens is 212 g/mol. The summed E-state index contributed by atoms with van der Waals surface area (Å²) in [7, 11) is 0. The van der Waals surface area contributed by atoms with Crippen molar-refractivity contribution in [1.29, 1.82) is 0 Å². The van der Waals surface area contributed by atoms with Crippen LogP contribution < -0.4 is 5.73 Å². The molecule has 0 spiro atoms. The van der Waals surface area contributed by atoms with Crippen LogP contribution in [-0.4, -0.2) is 47.8 Å². The largest absolute Gasteiger partial charge is 0.480 e. The summed E-state index contributed by atoms with van der Waals surface area (Å²) in [5, 5.41) is 8.74. The monoisotopic (exact) mass is 228 g/mol. The molecule has 0 aromatic carbocycles. The van der Waals surface area contributed by atoms with Crippen LogP contribution in [0.5, 0.6) is 0 Å². The summed E-state index contributed by atoms with van der Waals surface area (Å²) in [5.74, 6) is -1.24. The molecule has 1 fully saturated rings. The summed E-state index contributed by atoms with van der Waals surface area (Å²) in [6.07, 6.45) is 1.63. The Bertz CT molecular complexity index is 293. The number of ether oxygens (including phenoxy) is 1. The number of hydrogen-bond donors (Lipinski definition) is 2. The normalized spacial score (nSPS) is 21.6. The summed E-state index contributed by atoms with van der Waals surface area (Å²) in [6.45, 7) is 4.41. The Labute approximate surface area is 93.7 Å². The lowest BCUT2D eigenvalue weighted by Crippen LogP contribution is -2.40. The molecule has 1 aliphatic rings. The number of nitrogens with zero attached hydrogens (tertiary/aromatic N) is 1. The van der Waals surface area contributed by atoms with Crippen LogP contribution in [0.15, 0.2) is 12.7 Å². The molecule has 1 aliphatic heterocycles. The SMILES string of the molecule is C=CCOC(=O)N1CCC(C(N)C(=O)O)C1. The molecule has 1 saturated heterocycles. The molecule has 0 saturated carbocycles. The number of aliphatic carboxylic acids is 1. The highest BCUT2D eigenvalue weighted by molar-refractivity contribution is 5.74. The summed E-state index contributed by atoms with van der Waals surface area (Å²) >= 11 is 0. The molecule has 2 atom stereocenters. The Balaban J connectivity index is 2.42. The summed E-state index contributed by atoms with van der Waals surface area (Å²) in [5.41, 5.74) is 5.49. The molecule has 1 amide bonds. The Kier molecular flexibility index (Phi) is 4.30. The lowest BCUT2D eigenvalue weighted by molar-refractivity contribution is -0.139. The number of rotatable bonds is 4. The van der Waals surface area contributed by atoms with E-state index in [-0.39, 0.29) is 12.5 Å². The number of amides is 1. The van der Waals surface area contributed by atoms with Crippen molar-refractivity contribution in [3.05, 3.63) is 12.7 Å². The molecule has 16 heavy (non-hydrogen) atoms. The highest BCUT2D eigenvalue weighted by Gasteiger charge is 2.33. The van der Waals surface area contributed by atoms with Crippen LogP contribution in [-0.2, 0) is 9.53 Å². The maximum Gasteiger partial charge on any atom is 0.410 e. The lowest BCUT2D eigenvalue weighted by Gasteiger charge is -2.17. The average molecular weight is 228 g/mol. The van der Waals surface area contributed by atoms with E-state index >= 15 is 0 Å². The minimum atomic E-state index is -1.04. The first-order valence-electron chi connectivity index (χ1n) is 5.07. The van der Waals surface area contributed by atoms with Crippen molar-refractivity contribution < 1.29 is 19.4 Å². The van der Waals surface area contributed by atoms with Crippen LogP contribution in [0, 0.1) is 5.92 Å². The predicted molar refractivity (Wildman–Crippen MR) is 56.8 cm³/mol. The predicted octanol–water partition coefficient (Wildman–Crippen LogP) is 0.0428. The third kappa shape index (κ3) is 2.96. The van der Waals surface area contributed by atoms with E-state index in [1.165, 1.54) is 11.0 Å². The van der Waals surface area contributed by atoms with Gasteiger partial charge in [0.05, 0.1) is 0 Å². The number of carbonyl (C=O) groups excluding carboxylic acids is 1. The molecule has 1 heterocycles. The standard InChI is InChI=1S/C10H16N2O4/c1-2-5-16-10(15)12-4-3-7(6-12)8(11)9(13)14/h2,7-8H,1,3-6,11H2,(H,13,14). The van der Waals surface area contributed by atoms with E-state index in [9.17, 15) is 9.59 Å². The first-order valence-corrected chi connectivity index (χ1v) is 5.07. The number of carboxylic acid groups (broad SMARTS) is 1. The van der Waals surface area contributed by atoms with Crippen LogP contribution in [0.3, 0.4) is 0 Å².